The van der Waals surface area contributed by atoms with Gasteiger partial charge in [0.25, 0.3) is 0 Å². The van der Waals surface area contributed by atoms with Crippen LogP contribution in [0.4, 0.5) is 0 Å². The Morgan fingerprint density at radius 1 is 1.10 bits per heavy atom. The van der Waals surface area contributed by atoms with Gasteiger partial charge < -0.3 is 15.1 Å². The minimum atomic E-state index is -0.415. The van der Waals surface area contributed by atoms with Gasteiger partial charge in [0, 0.05) is 13.6 Å². The highest BCUT2D eigenvalue weighted by Gasteiger charge is 2.32. The lowest BCUT2D eigenvalue weighted by Crippen LogP contribution is -2.54. The predicted molar refractivity (Wildman–Crippen MR) is 89.1 cm³/mol. The number of hydrogen-bond donors (Lipinski definition) is 1. The summed E-state index contributed by atoms with van der Waals surface area (Å²) in [6.07, 6.45) is 4.15. The molecule has 0 aromatic heterocycles. The van der Waals surface area contributed by atoms with Crippen molar-refractivity contribution in [2.24, 2.45) is 0 Å². The minimum Gasteiger partial charge on any atom is -0.344 e. The molecule has 0 aromatic rings. The van der Waals surface area contributed by atoms with E-state index >= 15 is 0 Å². The third-order valence-electron chi connectivity index (χ3n) is 3.22. The predicted octanol–water partition coefficient (Wildman–Crippen LogP) is 2.59. The highest BCUT2D eigenvalue weighted by molar-refractivity contribution is 5.85. The average molecular weight is 287 g/mol. The molecule has 122 valence electrons. The Labute approximate surface area is 126 Å². The topological polar surface area (TPSA) is 35.6 Å². The van der Waals surface area contributed by atoms with Gasteiger partial charge in [0.15, 0.2) is 0 Å². The van der Waals surface area contributed by atoms with Crippen LogP contribution in [0.25, 0.3) is 0 Å². The van der Waals surface area contributed by atoms with Crippen LogP contribution in [-0.2, 0) is 4.79 Å². The van der Waals surface area contributed by atoms with Crippen molar-refractivity contribution in [2.75, 3.05) is 41.3 Å². The van der Waals surface area contributed by atoms with Crippen LogP contribution < -0.4 is 5.32 Å². The van der Waals surface area contributed by atoms with E-state index in [9.17, 15) is 4.79 Å². The number of nitrogens with zero attached hydrogens (tertiary/aromatic N) is 2. The van der Waals surface area contributed by atoms with E-state index in [-0.39, 0.29) is 5.91 Å². The molecule has 20 heavy (non-hydrogen) atoms. The number of carbonyl (C=O) groups excluding carboxylic acids is 1. The summed E-state index contributed by atoms with van der Waals surface area (Å²) >= 11 is 0. The van der Waals surface area contributed by atoms with Crippen LogP contribution in [0.2, 0.25) is 0 Å². The maximum absolute atomic E-state index is 12.3. The molecule has 1 amide bonds. The second-order valence-corrected chi connectivity index (χ2v) is 5.92. The van der Waals surface area contributed by atoms with E-state index in [0.29, 0.717) is 0 Å². The van der Waals surface area contributed by atoms with Gasteiger partial charge in [-0.2, -0.15) is 0 Å². The van der Waals surface area contributed by atoms with E-state index in [1.165, 1.54) is 6.42 Å². The zero-order chi connectivity index (χ0) is 16.2. The fourth-order valence-electron chi connectivity index (χ4n) is 1.99. The van der Waals surface area contributed by atoms with Crippen molar-refractivity contribution in [3.05, 3.63) is 0 Å². The number of nitrogens with one attached hydrogen (secondary N) is 1. The van der Waals surface area contributed by atoms with Crippen molar-refractivity contribution >= 4 is 5.91 Å². The van der Waals surface area contributed by atoms with Gasteiger partial charge in [-0.3, -0.25) is 4.79 Å². The van der Waals surface area contributed by atoms with Gasteiger partial charge in [0.1, 0.15) is 0 Å². The summed E-state index contributed by atoms with van der Waals surface area (Å²) in [5.41, 5.74) is -0.415. The summed E-state index contributed by atoms with van der Waals surface area (Å²) in [4.78, 5) is 16.3. The molecule has 0 radical (unpaired) electrons. The van der Waals surface area contributed by atoms with Gasteiger partial charge in [-0.15, -0.1) is 0 Å². The lowest BCUT2D eigenvalue weighted by atomic mass is 9.94. The van der Waals surface area contributed by atoms with Crippen LogP contribution in [-0.4, -0.2) is 62.5 Å². The molecule has 0 bridgehead atoms. The molecule has 0 heterocycles. The Balaban J connectivity index is 0. The molecular weight excluding hydrogens is 250 g/mol. The summed E-state index contributed by atoms with van der Waals surface area (Å²) in [6, 6.07) is 0. The molecule has 4 nitrogen and oxygen atoms in total. The number of hydrogen-bond acceptors (Lipinski definition) is 3. The minimum absolute atomic E-state index is 0.195. The van der Waals surface area contributed by atoms with Gasteiger partial charge in [-0.05, 0) is 47.5 Å². The van der Waals surface area contributed by atoms with Crippen LogP contribution in [0.1, 0.15) is 53.4 Å². The Bertz CT molecular complexity index is 244. The molecule has 1 unspecified atom stereocenters. The summed E-state index contributed by atoms with van der Waals surface area (Å²) in [7, 11) is 7.86. The van der Waals surface area contributed by atoms with Gasteiger partial charge in [0.05, 0.1) is 5.54 Å². The summed E-state index contributed by atoms with van der Waals surface area (Å²) in [5.74, 6) is 0.195. The second-order valence-electron chi connectivity index (χ2n) is 5.92. The smallest absolute Gasteiger partial charge is 0.242 e. The molecular formula is C16H37N3O. The number of likely N-dealkylation sites (N-methyl/N-ethyl adjacent to an activating group) is 2. The maximum Gasteiger partial charge on any atom is 0.242 e. The fraction of sp³-hybridized carbons (Fsp3) is 0.938. The highest BCUT2D eigenvalue weighted by atomic mass is 16.2. The van der Waals surface area contributed by atoms with E-state index < -0.39 is 5.54 Å². The van der Waals surface area contributed by atoms with Crippen LogP contribution in [0, 0.1) is 0 Å². The Kier molecular flexibility index (Phi) is 13.2. The maximum atomic E-state index is 12.3. The molecule has 0 aliphatic rings. The normalized spacial score (nSPS) is 13.4. The third-order valence-corrected chi connectivity index (χ3v) is 3.22. The molecule has 0 saturated heterocycles. The van der Waals surface area contributed by atoms with Crippen LogP contribution in [0.5, 0.6) is 0 Å². The lowest BCUT2D eigenvalue weighted by Gasteiger charge is -2.32. The Hall–Kier alpha value is -0.610. The average Bonchev–Trinajstić information content (AvgIpc) is 2.38. The van der Waals surface area contributed by atoms with Crippen molar-refractivity contribution < 1.29 is 4.79 Å². The first-order valence-electron chi connectivity index (χ1n) is 7.88. The number of amides is 1. The van der Waals surface area contributed by atoms with E-state index in [4.69, 9.17) is 0 Å². The van der Waals surface area contributed by atoms with E-state index in [1.54, 1.807) is 0 Å². The molecule has 0 fully saturated rings. The van der Waals surface area contributed by atoms with Crippen molar-refractivity contribution in [2.45, 2.75) is 58.9 Å². The van der Waals surface area contributed by atoms with Crippen molar-refractivity contribution in [3.63, 3.8) is 0 Å². The van der Waals surface area contributed by atoms with Gasteiger partial charge in [-0.25, -0.2) is 0 Å². The lowest BCUT2D eigenvalue weighted by molar-refractivity contribution is -0.136. The molecule has 0 rings (SSSR count). The molecule has 0 saturated carbocycles. The van der Waals surface area contributed by atoms with E-state index in [2.05, 4.69) is 45.1 Å². The highest BCUT2D eigenvalue weighted by Crippen LogP contribution is 2.14. The zero-order valence-corrected chi connectivity index (χ0v) is 15.0. The van der Waals surface area contributed by atoms with Crippen LogP contribution >= 0.6 is 0 Å². The number of carbonyl (C=O) groups is 1. The largest absolute Gasteiger partial charge is 0.344 e. The third kappa shape index (κ3) is 9.32. The van der Waals surface area contributed by atoms with E-state index in [0.717, 1.165) is 32.4 Å². The Morgan fingerprint density at radius 3 is 1.95 bits per heavy atom. The van der Waals surface area contributed by atoms with Crippen molar-refractivity contribution in [1.82, 2.24) is 15.1 Å². The molecule has 1 atom stereocenters. The van der Waals surface area contributed by atoms with E-state index in [1.807, 2.05) is 25.9 Å². The zero-order valence-electron chi connectivity index (χ0n) is 15.0. The molecule has 0 spiro atoms. The van der Waals surface area contributed by atoms with Crippen LogP contribution in [0.15, 0.2) is 0 Å². The summed E-state index contributed by atoms with van der Waals surface area (Å²) in [5, 5.41) is 3.16. The number of rotatable bonds is 8. The second kappa shape index (κ2) is 12.2. The molecule has 4 heteroatoms. The summed E-state index contributed by atoms with van der Waals surface area (Å²) in [6.45, 7) is 10.2. The quantitative estimate of drug-likeness (QED) is 0.745. The fourth-order valence-corrected chi connectivity index (χ4v) is 1.99. The van der Waals surface area contributed by atoms with Gasteiger partial charge >= 0.3 is 0 Å². The van der Waals surface area contributed by atoms with Crippen molar-refractivity contribution in [1.29, 1.82) is 0 Å². The first-order valence-corrected chi connectivity index (χ1v) is 7.88. The first-order chi connectivity index (χ1) is 9.28. The van der Waals surface area contributed by atoms with Crippen LogP contribution in [0.3, 0.4) is 0 Å². The molecule has 0 aliphatic heterocycles. The SMILES string of the molecule is CCC.CCCC(C)(NC)C(=O)N(C)CCCN(C)C. The Morgan fingerprint density at radius 2 is 1.60 bits per heavy atom. The first kappa shape index (κ1) is 21.7. The molecule has 0 aromatic carbocycles. The van der Waals surface area contributed by atoms with Gasteiger partial charge in [0.2, 0.25) is 5.91 Å². The van der Waals surface area contributed by atoms with Gasteiger partial charge in [-0.1, -0.05) is 33.6 Å². The molecule has 1 N–H and O–H groups in total. The monoisotopic (exact) mass is 287 g/mol. The van der Waals surface area contributed by atoms with Crippen molar-refractivity contribution in [3.8, 4) is 0 Å². The standard InChI is InChI=1S/C13H29N3O.C3H8/c1-7-9-13(2,14-3)12(17)16(6)11-8-10-15(4)5;1-3-2/h14H,7-11H2,1-6H3;3H2,1-2H3. The molecule has 0 aliphatic carbocycles. The summed E-state index contributed by atoms with van der Waals surface area (Å²) < 4.78 is 0.